The lowest BCUT2D eigenvalue weighted by molar-refractivity contribution is -0.113. The van der Waals surface area contributed by atoms with E-state index >= 15 is 0 Å². The molecule has 220 valence electrons. The summed E-state index contributed by atoms with van der Waals surface area (Å²) in [5.41, 5.74) is 1.41. The van der Waals surface area contributed by atoms with E-state index in [1.165, 1.54) is 49.4 Å². The van der Waals surface area contributed by atoms with E-state index in [0.29, 0.717) is 32.7 Å². The molecule has 5 rings (SSSR count). The number of thiazole rings is 1. The van der Waals surface area contributed by atoms with E-state index in [1.807, 2.05) is 0 Å². The van der Waals surface area contributed by atoms with Crippen LogP contribution < -0.4 is 5.32 Å². The van der Waals surface area contributed by atoms with E-state index in [-0.39, 0.29) is 20.7 Å². The van der Waals surface area contributed by atoms with Crippen molar-refractivity contribution < 1.29 is 35.8 Å². The third-order valence-corrected chi connectivity index (χ3v) is 9.48. The summed E-state index contributed by atoms with van der Waals surface area (Å²) in [4.78, 5) is 16.7. The molecule has 1 aromatic heterocycles. The zero-order valence-corrected chi connectivity index (χ0v) is 24.7. The Labute approximate surface area is 249 Å². The molecule has 43 heavy (non-hydrogen) atoms. The lowest BCUT2D eigenvalue weighted by Crippen LogP contribution is -2.15. The Morgan fingerprint density at radius 2 is 1.58 bits per heavy atom. The molecule has 0 unspecified atom stereocenters. The predicted octanol–water partition coefficient (Wildman–Crippen LogP) is 5.75. The second-order valence-electron chi connectivity index (χ2n) is 9.28. The van der Waals surface area contributed by atoms with Crippen LogP contribution in [-0.2, 0) is 25.0 Å². The van der Waals surface area contributed by atoms with Crippen molar-refractivity contribution in [1.82, 2.24) is 4.98 Å². The van der Waals surface area contributed by atoms with Crippen molar-refractivity contribution >= 4 is 69.8 Å². The van der Waals surface area contributed by atoms with Crippen LogP contribution in [0.5, 0.6) is 0 Å². The molecule has 4 aromatic carbocycles. The zero-order chi connectivity index (χ0) is 31.1. The number of aryl methyl sites for hydroxylation is 1. The number of amides is 1. The maximum Gasteiger partial charge on any atom is 0.279 e. The SMILES string of the molecule is C/C(O)=C(\N=Nc1ccc(-c2nc3ccc(C)c(S(=O)(=O)[O-])c3s2)cc1)C(=O)Nc1cccc2c(S(=O)(=O)[O-])cccc12. The Morgan fingerprint density at radius 3 is 2.23 bits per heavy atom. The molecule has 1 heterocycles. The average molecular weight is 637 g/mol. The Morgan fingerprint density at radius 1 is 0.907 bits per heavy atom. The second kappa shape index (κ2) is 11.3. The van der Waals surface area contributed by atoms with Gasteiger partial charge in [0.05, 0.1) is 25.7 Å². The molecule has 12 nitrogen and oxygen atoms in total. The van der Waals surface area contributed by atoms with Crippen LogP contribution in [0.15, 0.2) is 104 Å². The van der Waals surface area contributed by atoms with Gasteiger partial charge in [0.1, 0.15) is 31.0 Å². The van der Waals surface area contributed by atoms with Crippen LogP contribution in [0.2, 0.25) is 0 Å². The Kier molecular flexibility index (Phi) is 7.85. The minimum atomic E-state index is -4.77. The molecule has 2 N–H and O–H groups in total. The second-order valence-corrected chi connectivity index (χ2v) is 12.9. The highest BCUT2D eigenvalue weighted by Crippen LogP contribution is 2.36. The van der Waals surface area contributed by atoms with Crippen LogP contribution in [0.3, 0.4) is 0 Å². The predicted molar refractivity (Wildman–Crippen MR) is 158 cm³/mol. The number of carbonyl (C=O) groups excluding carboxylic acids is 1. The molecule has 0 fully saturated rings. The number of fused-ring (bicyclic) bond motifs is 2. The quantitative estimate of drug-likeness (QED) is 0.0966. The number of azo groups is 1. The monoisotopic (exact) mass is 636 g/mol. The summed E-state index contributed by atoms with van der Waals surface area (Å²) in [6.45, 7) is 2.79. The Balaban J connectivity index is 1.39. The van der Waals surface area contributed by atoms with E-state index < -0.39 is 42.5 Å². The average Bonchev–Trinajstić information content (AvgIpc) is 3.36. The van der Waals surface area contributed by atoms with Crippen LogP contribution >= 0.6 is 11.3 Å². The van der Waals surface area contributed by atoms with E-state index in [9.17, 15) is 35.8 Å². The smallest absolute Gasteiger partial charge is 0.279 e. The summed E-state index contributed by atoms with van der Waals surface area (Å²) in [7, 11) is -9.47. The van der Waals surface area contributed by atoms with E-state index in [4.69, 9.17) is 0 Å². The fraction of sp³-hybridized carbons (Fsp3) is 0.0714. The van der Waals surface area contributed by atoms with Crippen molar-refractivity contribution in [3.63, 3.8) is 0 Å². The molecule has 0 aliphatic rings. The van der Waals surface area contributed by atoms with Crippen LogP contribution in [-0.4, -0.2) is 41.9 Å². The number of aliphatic hydroxyl groups excluding tert-OH is 1. The molecular formula is C28H20N4O8S3-2. The van der Waals surface area contributed by atoms with Crippen molar-refractivity contribution in [2.24, 2.45) is 10.2 Å². The van der Waals surface area contributed by atoms with Gasteiger partial charge in [0.25, 0.3) is 5.91 Å². The highest BCUT2D eigenvalue weighted by atomic mass is 32.2. The Hall–Kier alpha value is -4.54. The highest BCUT2D eigenvalue weighted by Gasteiger charge is 2.18. The van der Waals surface area contributed by atoms with Crippen LogP contribution in [0.4, 0.5) is 11.4 Å². The number of allylic oxidation sites excluding steroid dienone is 1. The maximum atomic E-state index is 13.0. The van der Waals surface area contributed by atoms with Crippen molar-refractivity contribution in [1.29, 1.82) is 0 Å². The lowest BCUT2D eigenvalue weighted by Gasteiger charge is -2.13. The number of hydrogen-bond donors (Lipinski definition) is 2. The fourth-order valence-electron chi connectivity index (χ4n) is 4.35. The molecular weight excluding hydrogens is 617 g/mol. The normalized spacial score (nSPS) is 13.0. The van der Waals surface area contributed by atoms with Gasteiger partial charge in [-0.25, -0.2) is 21.8 Å². The summed E-state index contributed by atoms with van der Waals surface area (Å²) >= 11 is 1.07. The minimum Gasteiger partial charge on any atom is -0.744 e. The first-order valence-electron chi connectivity index (χ1n) is 12.3. The summed E-state index contributed by atoms with van der Waals surface area (Å²) in [6, 6.07) is 18.1. The lowest BCUT2D eigenvalue weighted by atomic mass is 10.1. The first-order chi connectivity index (χ1) is 20.2. The van der Waals surface area contributed by atoms with Crippen LogP contribution in [0.1, 0.15) is 12.5 Å². The van der Waals surface area contributed by atoms with Gasteiger partial charge in [-0.15, -0.1) is 16.5 Å². The maximum absolute atomic E-state index is 13.0. The number of aliphatic hydroxyl groups is 1. The molecule has 0 spiro atoms. The first-order valence-corrected chi connectivity index (χ1v) is 15.9. The number of benzene rings is 4. The van der Waals surface area contributed by atoms with E-state index in [2.05, 4.69) is 20.5 Å². The molecule has 0 saturated heterocycles. The number of aromatic nitrogens is 1. The van der Waals surface area contributed by atoms with Gasteiger partial charge in [-0.3, -0.25) is 4.79 Å². The number of rotatable bonds is 7. The van der Waals surface area contributed by atoms with Gasteiger partial charge in [-0.2, -0.15) is 5.11 Å². The minimum absolute atomic E-state index is 0.123. The van der Waals surface area contributed by atoms with Gasteiger partial charge in [0, 0.05) is 22.0 Å². The van der Waals surface area contributed by atoms with Crippen molar-refractivity contribution in [3.05, 3.63) is 89.8 Å². The van der Waals surface area contributed by atoms with Gasteiger partial charge in [0.15, 0.2) is 5.70 Å². The van der Waals surface area contributed by atoms with Crippen molar-refractivity contribution in [2.45, 2.75) is 23.6 Å². The van der Waals surface area contributed by atoms with Gasteiger partial charge >= 0.3 is 0 Å². The topological polar surface area (TPSA) is 201 Å². The van der Waals surface area contributed by atoms with Crippen LogP contribution in [0.25, 0.3) is 31.6 Å². The molecule has 0 atom stereocenters. The Bertz CT molecular complexity index is 2200. The third kappa shape index (κ3) is 6.16. The number of nitrogens with zero attached hydrogens (tertiary/aromatic N) is 3. The van der Waals surface area contributed by atoms with Crippen molar-refractivity contribution in [2.75, 3.05) is 5.32 Å². The number of carbonyl (C=O) groups is 1. The summed E-state index contributed by atoms with van der Waals surface area (Å²) in [5, 5.41) is 21.5. The van der Waals surface area contributed by atoms with Gasteiger partial charge in [0.2, 0.25) is 0 Å². The van der Waals surface area contributed by atoms with Crippen molar-refractivity contribution in [3.8, 4) is 10.6 Å². The molecule has 1 amide bonds. The summed E-state index contributed by atoms with van der Waals surface area (Å²) in [6.07, 6.45) is 0. The largest absolute Gasteiger partial charge is 0.744 e. The van der Waals surface area contributed by atoms with Gasteiger partial charge in [-0.1, -0.05) is 30.3 Å². The molecule has 0 bridgehead atoms. The van der Waals surface area contributed by atoms with E-state index in [0.717, 1.165) is 11.3 Å². The third-order valence-electron chi connectivity index (χ3n) is 6.30. The molecule has 0 saturated carbocycles. The molecule has 15 heteroatoms. The number of hydrogen-bond acceptors (Lipinski definition) is 12. The molecule has 0 aliphatic carbocycles. The standard InChI is InChI=1S/C28H22N4O8S3/c1-15-9-14-22-25(26(15)43(38,39)40)41-28(30-22)17-10-12-18(13-11-17)31-32-24(16(2)33)27(34)29-21-7-3-6-20-19(21)5-4-8-23(20)42(35,36)37/h3-14,33H,1-2H3,(H,29,34)(H,35,36,37)(H,38,39,40)/p-2/b24-16+,32-31?. The van der Waals surface area contributed by atoms with E-state index in [1.54, 1.807) is 37.3 Å². The fourth-order valence-corrected chi connectivity index (χ4v) is 7.33. The van der Waals surface area contributed by atoms with Gasteiger partial charge in [-0.05, 0) is 61.9 Å². The first kappa shape index (κ1) is 29.9. The van der Waals surface area contributed by atoms with Crippen LogP contribution in [0, 0.1) is 6.92 Å². The number of nitrogens with one attached hydrogen (secondary N) is 1. The zero-order valence-electron chi connectivity index (χ0n) is 22.3. The number of anilines is 1. The summed E-state index contributed by atoms with van der Waals surface area (Å²) < 4.78 is 70.7. The summed E-state index contributed by atoms with van der Waals surface area (Å²) in [5.74, 6) is -1.27. The molecule has 0 radical (unpaired) electrons. The van der Waals surface area contributed by atoms with Gasteiger partial charge < -0.3 is 19.5 Å². The molecule has 5 aromatic rings. The highest BCUT2D eigenvalue weighted by molar-refractivity contribution is 7.86. The molecule has 0 aliphatic heterocycles.